The topological polar surface area (TPSA) is 127 Å². The summed E-state index contributed by atoms with van der Waals surface area (Å²) < 4.78 is 21.1. The smallest absolute Gasteiger partial charge is 0.410 e. The average molecular weight is 1640 g/mol. The Kier molecular flexibility index (Phi) is 27.6. The summed E-state index contributed by atoms with van der Waals surface area (Å²) in [4.78, 5) is 36.8. The molecule has 3 aromatic heterocycles. The summed E-state index contributed by atoms with van der Waals surface area (Å²) in [6, 6.07) is 72.6. The van der Waals surface area contributed by atoms with E-state index in [1.165, 1.54) is 95.4 Å². The zero-order chi connectivity index (χ0) is 72.5. The maximum Gasteiger partial charge on any atom is 0.410 e. The van der Waals surface area contributed by atoms with E-state index in [9.17, 15) is 0 Å². The number of nitrogens with one attached hydrogen (secondary N) is 2. The molecule has 0 aliphatic carbocycles. The molecule has 2 saturated heterocycles. The molecule has 0 amide bonds. The van der Waals surface area contributed by atoms with Crippen LogP contribution in [0.4, 0.5) is 22.7 Å². The molecule has 7 heterocycles. The van der Waals surface area contributed by atoms with Gasteiger partial charge in [0.2, 0.25) is 16.6 Å². The fraction of sp³-hybridized carbons (Fsp3) is 0.333. The standard InChI is InChI=1S/C52H86N6O2Si3.C32H18N8.6ClH/c1-53(2,3)45-21-29-49(30-22-45)62(41-43-19-17-37-57(13,14)39-43,50-31-23-46(24-32-50)54(4,5)6)59-61-60-63(42-44-20-18-38-58(15,16)40-44,51-33-25-47(26-34-51)55(7,8)9)52-35-27-48(28-36-52)56(10,11)12;1-2-10-18-17(9-1)25-33-26(18)38-28-21-13-5-6-14-22(21)30(35-28)40-32-24-16-8-7-15-23(24)31(36-32)39-29-20-12-4-3-11-19(20)27(34-29)37-25;;;;;;/h21-36,43-44H,17-20,37-42H2,1-16H3;1-16H,(H2,33,34,35,36,37,38,39,40);6*1H/q+6;;;;;;;/p-6. The Bertz CT molecular complexity index is 4550. The summed E-state index contributed by atoms with van der Waals surface area (Å²) in [5, 5.41) is 9.22. The second-order valence-corrected chi connectivity index (χ2v) is 42.3. The van der Waals surface area contributed by atoms with Crippen LogP contribution in [0.25, 0.3) is 89.7 Å². The first kappa shape index (κ1) is 87.8. The Hall–Kier alpha value is -6.81. The number of aromatic nitrogens is 8. The van der Waals surface area contributed by atoms with Gasteiger partial charge < -0.3 is 102 Å². The van der Waals surface area contributed by atoms with Crippen molar-refractivity contribution in [3.63, 3.8) is 0 Å². The molecule has 4 aliphatic rings. The number of halogens is 6. The molecule has 2 atom stereocenters. The summed E-state index contributed by atoms with van der Waals surface area (Å²) in [6.45, 7) is 4.80. The first-order chi connectivity index (χ1) is 48.9. The van der Waals surface area contributed by atoms with Crippen LogP contribution in [0, 0.1) is 11.8 Å². The number of likely N-dealkylation sites (tertiary alicyclic amines) is 2. The molecule has 0 spiro atoms. The van der Waals surface area contributed by atoms with Crippen LogP contribution in [0.1, 0.15) is 25.7 Å². The third kappa shape index (κ3) is 18.6. The first-order valence-electron chi connectivity index (χ1n) is 36.6. The van der Waals surface area contributed by atoms with E-state index in [2.05, 4.69) is 220 Å². The normalized spacial score (nSPS) is 16.0. The average Bonchev–Trinajstić information content (AvgIpc) is 1.32. The van der Waals surface area contributed by atoms with E-state index in [4.69, 9.17) is 38.1 Å². The van der Waals surface area contributed by atoms with E-state index in [1.54, 1.807) is 0 Å². The largest absolute Gasteiger partial charge is 1.00 e. The monoisotopic (exact) mass is 1630 g/mol. The Morgan fingerprint density at radius 3 is 0.789 bits per heavy atom. The molecule has 15 rings (SSSR count). The zero-order valence-corrected chi connectivity index (χ0v) is 73.2. The van der Waals surface area contributed by atoms with Crippen LogP contribution < -0.4 is 113 Å². The minimum atomic E-state index is -2.93. The summed E-state index contributed by atoms with van der Waals surface area (Å²) in [5.41, 5.74) is 11.6. The van der Waals surface area contributed by atoms with Gasteiger partial charge in [0, 0.05) is 55.6 Å². The Morgan fingerprint density at radius 2 is 0.569 bits per heavy atom. The van der Waals surface area contributed by atoms with Crippen LogP contribution in [-0.2, 0) is 8.23 Å². The number of quaternary nitrogens is 6. The molecule has 11 aromatic rings. The van der Waals surface area contributed by atoms with Crippen LogP contribution in [0.2, 0.25) is 12.1 Å². The molecule has 2 radical (unpaired) electrons. The SMILES string of the molecule is C[N+]1(C)CCCC(C[Si](O[Si]O[Si](CC2CCC[N+](C)(C)C2)(c2ccc([N+](C)(C)C)cc2)c2ccc([N+](C)(C)C)cc2)(c2ccc([N+](C)(C)C)cc2)c2ccc([N+](C)(C)C)cc2)C1.[Cl-].[Cl-].[Cl-].[Cl-].[Cl-].[Cl-].c1ccc2c(c1)-c1nc-2nc2[nH]c(nc3nc(nc4[nH]c(n1)c1ccccc41)-c1ccccc1-3)c1ccccc21. The molecular formula is C84H104Cl6N14O2Si3. The predicted molar refractivity (Wildman–Crippen MR) is 437 cm³/mol. The van der Waals surface area contributed by atoms with Crippen LogP contribution in [0.5, 0.6) is 0 Å². The van der Waals surface area contributed by atoms with Gasteiger partial charge in [0.15, 0.2) is 23.3 Å². The van der Waals surface area contributed by atoms with Gasteiger partial charge in [-0.3, -0.25) is 17.9 Å². The molecule has 4 aliphatic heterocycles. The summed E-state index contributed by atoms with van der Waals surface area (Å²) in [5.74, 6) is 3.49. The molecule has 2 fully saturated rings. The van der Waals surface area contributed by atoms with E-state index >= 15 is 0 Å². The van der Waals surface area contributed by atoms with Gasteiger partial charge in [0.25, 0.3) is 0 Å². The maximum atomic E-state index is 7.96. The fourth-order valence-electron chi connectivity index (χ4n) is 16.1. The second kappa shape index (κ2) is 34.3. The molecule has 2 N–H and O–H groups in total. The predicted octanol–water partition coefficient (Wildman–Crippen LogP) is -5.27. The van der Waals surface area contributed by atoms with Gasteiger partial charge in [-0.05, 0) is 107 Å². The summed E-state index contributed by atoms with van der Waals surface area (Å²) in [7, 11) is 30.8. The van der Waals surface area contributed by atoms with Gasteiger partial charge in [-0.15, -0.1) is 0 Å². The van der Waals surface area contributed by atoms with E-state index in [-0.39, 0.29) is 84.4 Å². The molecule has 576 valence electrons. The van der Waals surface area contributed by atoms with E-state index < -0.39 is 16.6 Å². The van der Waals surface area contributed by atoms with Crippen molar-refractivity contribution < 1.29 is 91.6 Å². The second-order valence-electron chi connectivity index (χ2n) is 34.1. The molecular weight excluding hydrogens is 1530 g/mol. The molecule has 8 bridgehead atoms. The number of rotatable bonds is 16. The number of nitrogens with zero attached hydrogens (tertiary/aromatic N) is 12. The Labute approximate surface area is 686 Å². The van der Waals surface area contributed by atoms with Crippen molar-refractivity contribution in [3.05, 3.63) is 194 Å². The van der Waals surface area contributed by atoms with Crippen molar-refractivity contribution in [1.29, 1.82) is 0 Å². The van der Waals surface area contributed by atoms with Crippen molar-refractivity contribution in [1.82, 2.24) is 57.8 Å². The highest BCUT2D eigenvalue weighted by Gasteiger charge is 2.49. The highest BCUT2D eigenvalue weighted by Crippen LogP contribution is 2.39. The lowest BCUT2D eigenvalue weighted by Crippen LogP contribution is -3.00. The molecule has 25 heteroatoms. The third-order valence-corrected chi connectivity index (χ3v) is 32.6. The van der Waals surface area contributed by atoms with E-state index in [0.717, 1.165) is 82.8 Å². The number of piperidine rings is 2. The lowest BCUT2D eigenvalue weighted by molar-refractivity contribution is -0.898. The third-order valence-electron chi connectivity index (χ3n) is 21.7. The highest BCUT2D eigenvalue weighted by atomic mass is 35.5. The molecule has 2 unspecified atom stereocenters. The van der Waals surface area contributed by atoms with E-state index in [1.807, 2.05) is 97.1 Å². The van der Waals surface area contributed by atoms with Crippen LogP contribution >= 0.6 is 0 Å². The zero-order valence-electron chi connectivity index (χ0n) is 65.7. The Balaban J connectivity index is 0.000000280. The number of hydrogen-bond donors (Lipinski definition) is 2. The van der Waals surface area contributed by atoms with Crippen molar-refractivity contribution in [2.75, 3.05) is 139 Å². The fourth-order valence-corrected chi connectivity index (χ4v) is 27.1. The number of benzene rings is 8. The van der Waals surface area contributed by atoms with Gasteiger partial charge in [0.05, 0.1) is 139 Å². The van der Waals surface area contributed by atoms with E-state index in [0.29, 0.717) is 57.7 Å². The molecule has 0 saturated carbocycles. The molecule has 8 aromatic carbocycles. The van der Waals surface area contributed by atoms with Crippen LogP contribution in [0.3, 0.4) is 0 Å². The number of aromatic amines is 2. The van der Waals surface area contributed by atoms with Crippen molar-refractivity contribution in [2.24, 2.45) is 11.8 Å². The van der Waals surface area contributed by atoms with Gasteiger partial charge in [0.1, 0.15) is 45.3 Å². The lowest BCUT2D eigenvalue weighted by Gasteiger charge is -2.43. The minimum Gasteiger partial charge on any atom is -1.00 e. The van der Waals surface area contributed by atoms with Gasteiger partial charge in [-0.25, -0.2) is 29.9 Å². The minimum absolute atomic E-state index is 0. The number of fused-ring (bicyclic) bond motifs is 20. The molecule has 109 heavy (non-hydrogen) atoms. The van der Waals surface area contributed by atoms with Crippen molar-refractivity contribution >= 4 is 114 Å². The summed E-state index contributed by atoms with van der Waals surface area (Å²) >= 11 is 0. The van der Waals surface area contributed by atoms with Gasteiger partial charge in [-0.1, -0.05) is 146 Å². The van der Waals surface area contributed by atoms with Crippen LogP contribution in [0.15, 0.2) is 194 Å². The number of hydrogen-bond acceptors (Lipinski definition) is 8. The highest BCUT2D eigenvalue weighted by molar-refractivity contribution is 7.02. The first-order valence-corrected chi connectivity index (χ1v) is 41.6. The quantitative estimate of drug-likeness (QED) is 0.0728. The van der Waals surface area contributed by atoms with Gasteiger partial charge >= 0.3 is 10.0 Å². The lowest BCUT2D eigenvalue weighted by atomic mass is 9.99. The van der Waals surface area contributed by atoms with Crippen molar-refractivity contribution in [3.8, 4) is 45.6 Å². The Morgan fingerprint density at radius 1 is 0.339 bits per heavy atom. The summed E-state index contributed by atoms with van der Waals surface area (Å²) in [6.07, 6.45) is 4.98. The number of H-pyrrole nitrogens is 2. The maximum absolute atomic E-state index is 7.96. The van der Waals surface area contributed by atoms with Crippen molar-refractivity contribution in [2.45, 2.75) is 37.8 Å². The van der Waals surface area contributed by atoms with Gasteiger partial charge in [-0.2, -0.15) is 0 Å². The molecule has 16 nitrogen and oxygen atoms in total. The van der Waals surface area contributed by atoms with Crippen LogP contribution in [-0.4, -0.2) is 214 Å².